The zero-order chi connectivity index (χ0) is 17.3. The number of methoxy groups -OCH3 is 1. The molecule has 4 bridgehead atoms. The normalized spacial score (nSPS) is 37.3. The van der Waals surface area contributed by atoms with Crippen LogP contribution in [0.1, 0.15) is 30.6 Å². The van der Waals surface area contributed by atoms with Gasteiger partial charge >= 0.3 is 5.97 Å². The SMILES string of the molecule is C/C=C1\C[N@@+]2(C)[C@@H]3C[C@H]1C(C(=O)OC)[C@@H]2Cc1c3[nH]c2ccccc12. The number of nitrogens with zero attached hydrogens (tertiary/aromatic N) is 1. The molecule has 5 atom stereocenters. The lowest BCUT2D eigenvalue weighted by Gasteiger charge is -2.62. The van der Waals surface area contributed by atoms with E-state index in [0.717, 1.165) is 23.9 Å². The first-order valence-corrected chi connectivity index (χ1v) is 9.25. The lowest BCUT2D eigenvalue weighted by atomic mass is 9.62. The maximum Gasteiger partial charge on any atom is 0.315 e. The second-order valence-electron chi connectivity index (χ2n) is 8.11. The first kappa shape index (κ1) is 15.2. The lowest BCUT2D eigenvalue weighted by Crippen LogP contribution is -2.71. The monoisotopic (exact) mass is 337 g/mol. The maximum atomic E-state index is 12.7. The molecule has 4 heteroatoms. The Morgan fingerprint density at radius 2 is 2.16 bits per heavy atom. The van der Waals surface area contributed by atoms with E-state index in [1.54, 1.807) is 0 Å². The molecule has 4 aliphatic rings. The number of aromatic amines is 1. The van der Waals surface area contributed by atoms with Crippen LogP contribution in [-0.2, 0) is 16.0 Å². The fraction of sp³-hybridized carbons (Fsp3) is 0.476. The number of ether oxygens (including phenoxy) is 1. The number of likely N-dealkylation sites (N-methyl/N-ethyl adjacent to an activating group) is 1. The van der Waals surface area contributed by atoms with Crippen molar-refractivity contribution in [3.63, 3.8) is 0 Å². The van der Waals surface area contributed by atoms with E-state index >= 15 is 0 Å². The number of aromatic nitrogens is 1. The number of carbonyl (C=O) groups excluding carboxylic acids is 1. The van der Waals surface area contributed by atoms with Gasteiger partial charge in [-0.25, -0.2) is 0 Å². The van der Waals surface area contributed by atoms with Gasteiger partial charge in [0.2, 0.25) is 0 Å². The zero-order valence-electron chi connectivity index (χ0n) is 15.1. The Morgan fingerprint density at radius 3 is 2.92 bits per heavy atom. The summed E-state index contributed by atoms with van der Waals surface area (Å²) < 4.78 is 6.18. The number of benzene rings is 1. The number of allylic oxidation sites excluding steroid dienone is 1. The minimum Gasteiger partial charge on any atom is -0.469 e. The van der Waals surface area contributed by atoms with Gasteiger partial charge in [-0.15, -0.1) is 0 Å². The van der Waals surface area contributed by atoms with Crippen LogP contribution in [0.15, 0.2) is 35.9 Å². The van der Waals surface area contributed by atoms with Crippen molar-refractivity contribution in [2.45, 2.75) is 31.8 Å². The molecule has 130 valence electrons. The highest BCUT2D eigenvalue weighted by Gasteiger charge is 2.63. The van der Waals surface area contributed by atoms with Crippen LogP contribution in [0, 0.1) is 11.8 Å². The Labute approximate surface area is 148 Å². The van der Waals surface area contributed by atoms with Gasteiger partial charge in [0.25, 0.3) is 0 Å². The third kappa shape index (κ3) is 1.78. The third-order valence-electron chi connectivity index (χ3n) is 7.23. The molecule has 1 N–H and O–H groups in total. The van der Waals surface area contributed by atoms with Crippen LogP contribution in [0.25, 0.3) is 10.9 Å². The highest BCUT2D eigenvalue weighted by molar-refractivity contribution is 5.85. The number of rotatable bonds is 1. The highest BCUT2D eigenvalue weighted by Crippen LogP contribution is 2.58. The van der Waals surface area contributed by atoms with Gasteiger partial charge < -0.3 is 14.2 Å². The van der Waals surface area contributed by atoms with Crippen LogP contribution >= 0.6 is 0 Å². The second-order valence-corrected chi connectivity index (χ2v) is 8.11. The van der Waals surface area contributed by atoms with Crippen LogP contribution < -0.4 is 0 Å². The number of carbonyl (C=O) groups is 1. The van der Waals surface area contributed by atoms with Crippen LogP contribution in [0.5, 0.6) is 0 Å². The molecule has 3 fully saturated rings. The van der Waals surface area contributed by atoms with Crippen molar-refractivity contribution in [3.8, 4) is 0 Å². The summed E-state index contributed by atoms with van der Waals surface area (Å²) in [5.41, 5.74) is 5.50. The zero-order valence-corrected chi connectivity index (χ0v) is 15.1. The van der Waals surface area contributed by atoms with Gasteiger partial charge in [-0.3, -0.25) is 4.79 Å². The molecule has 6 rings (SSSR count). The summed E-state index contributed by atoms with van der Waals surface area (Å²) in [6.45, 7) is 3.17. The fourth-order valence-corrected chi connectivity index (χ4v) is 6.06. The molecule has 5 heterocycles. The standard InChI is InChI=1S/C21H25N2O2/c1-4-12-11-23(2)17-10-15-13-7-5-6-8-16(13)22-20(15)18(23)9-14(12)19(17)21(24)25-3/h4-8,14,17-19,22H,9-11H2,1-3H3/q+1/b12-4+/t14-,17+,18-,19?,23-/m1/s1. The smallest absolute Gasteiger partial charge is 0.315 e. The van der Waals surface area contributed by atoms with E-state index in [0.29, 0.717) is 18.0 Å². The lowest BCUT2D eigenvalue weighted by molar-refractivity contribution is -0.977. The van der Waals surface area contributed by atoms with Crippen LogP contribution in [0.3, 0.4) is 0 Å². The van der Waals surface area contributed by atoms with Gasteiger partial charge in [-0.05, 0) is 24.1 Å². The van der Waals surface area contributed by atoms with Crippen molar-refractivity contribution in [1.82, 2.24) is 4.98 Å². The molecule has 0 radical (unpaired) electrons. The molecule has 25 heavy (non-hydrogen) atoms. The quantitative estimate of drug-likeness (QED) is 0.493. The molecular formula is C21H25N2O2+. The minimum atomic E-state index is -0.0276. The molecule has 0 amide bonds. The van der Waals surface area contributed by atoms with Gasteiger partial charge in [-0.2, -0.15) is 0 Å². The first-order valence-electron chi connectivity index (χ1n) is 9.25. The van der Waals surface area contributed by atoms with Gasteiger partial charge in [0.1, 0.15) is 24.5 Å². The molecule has 4 aliphatic heterocycles. The summed E-state index contributed by atoms with van der Waals surface area (Å²) in [4.78, 5) is 16.4. The number of fused-ring (bicyclic) bond motifs is 4. The molecule has 2 aromatic rings. The number of para-hydroxylation sites is 1. The molecule has 0 saturated carbocycles. The number of quaternary nitrogens is 1. The van der Waals surface area contributed by atoms with E-state index in [9.17, 15) is 4.79 Å². The topological polar surface area (TPSA) is 42.1 Å². The van der Waals surface area contributed by atoms with Crippen molar-refractivity contribution in [1.29, 1.82) is 0 Å². The predicted octanol–water partition coefficient (Wildman–Crippen LogP) is 3.35. The summed E-state index contributed by atoms with van der Waals surface area (Å²) in [5.74, 6) is 0.278. The predicted molar refractivity (Wildman–Crippen MR) is 97.0 cm³/mol. The van der Waals surface area contributed by atoms with Crippen LogP contribution in [0.4, 0.5) is 0 Å². The Bertz CT molecular complexity index is 912. The average molecular weight is 337 g/mol. The molecule has 1 unspecified atom stereocenters. The van der Waals surface area contributed by atoms with Crippen molar-refractivity contribution >= 4 is 16.9 Å². The number of H-pyrrole nitrogens is 1. The summed E-state index contributed by atoms with van der Waals surface area (Å²) in [5, 5.41) is 1.33. The van der Waals surface area contributed by atoms with Crippen molar-refractivity contribution in [2.75, 3.05) is 20.7 Å². The number of nitrogens with one attached hydrogen (secondary N) is 1. The van der Waals surface area contributed by atoms with E-state index in [1.807, 2.05) is 0 Å². The summed E-state index contributed by atoms with van der Waals surface area (Å²) in [6.07, 6.45) is 4.23. The first-order chi connectivity index (χ1) is 12.1. The van der Waals surface area contributed by atoms with Crippen molar-refractivity contribution < 1.29 is 14.0 Å². The Hall–Kier alpha value is -2.07. The molecule has 3 saturated heterocycles. The van der Waals surface area contributed by atoms with E-state index in [-0.39, 0.29) is 11.9 Å². The molecular weight excluding hydrogens is 312 g/mol. The third-order valence-corrected chi connectivity index (χ3v) is 7.23. The van der Waals surface area contributed by atoms with Gasteiger partial charge in [-0.1, -0.05) is 24.3 Å². The Morgan fingerprint density at radius 1 is 1.36 bits per heavy atom. The molecule has 4 nitrogen and oxygen atoms in total. The van der Waals surface area contributed by atoms with E-state index in [1.165, 1.54) is 34.8 Å². The molecule has 0 aliphatic carbocycles. The van der Waals surface area contributed by atoms with Crippen LogP contribution in [0.2, 0.25) is 0 Å². The van der Waals surface area contributed by atoms with Crippen molar-refractivity contribution in [2.24, 2.45) is 11.8 Å². The van der Waals surface area contributed by atoms with Gasteiger partial charge in [0.05, 0.1) is 19.9 Å². The number of hydrogen-bond donors (Lipinski definition) is 1. The Kier molecular flexibility index (Phi) is 3.03. The largest absolute Gasteiger partial charge is 0.469 e. The van der Waals surface area contributed by atoms with Crippen molar-refractivity contribution in [3.05, 3.63) is 47.2 Å². The fourth-order valence-electron chi connectivity index (χ4n) is 6.06. The molecule has 1 aromatic heterocycles. The maximum absolute atomic E-state index is 12.7. The average Bonchev–Trinajstić information content (AvgIpc) is 2.98. The number of piperidine rings is 3. The molecule has 0 spiro atoms. The Balaban J connectivity index is 1.72. The summed E-state index contributed by atoms with van der Waals surface area (Å²) in [7, 11) is 3.88. The number of esters is 1. The highest BCUT2D eigenvalue weighted by atomic mass is 16.5. The van der Waals surface area contributed by atoms with E-state index in [4.69, 9.17) is 4.74 Å². The van der Waals surface area contributed by atoms with Gasteiger partial charge in [0, 0.05) is 29.7 Å². The van der Waals surface area contributed by atoms with E-state index in [2.05, 4.69) is 49.3 Å². The minimum absolute atomic E-state index is 0.0204. The number of hydrogen-bond acceptors (Lipinski definition) is 2. The van der Waals surface area contributed by atoms with E-state index < -0.39 is 0 Å². The summed E-state index contributed by atoms with van der Waals surface area (Å²) in [6, 6.07) is 9.35. The molecule has 1 aromatic carbocycles. The van der Waals surface area contributed by atoms with Gasteiger partial charge in [0.15, 0.2) is 0 Å². The second kappa shape index (κ2) is 4.98. The summed E-state index contributed by atoms with van der Waals surface area (Å²) >= 11 is 0. The van der Waals surface area contributed by atoms with Crippen LogP contribution in [-0.4, -0.2) is 42.2 Å².